The van der Waals surface area contributed by atoms with Crippen molar-refractivity contribution in [3.63, 3.8) is 0 Å². The van der Waals surface area contributed by atoms with Crippen molar-refractivity contribution in [2.45, 2.75) is 136 Å². The zero-order valence-corrected chi connectivity index (χ0v) is 24.6. The summed E-state index contributed by atoms with van der Waals surface area (Å²) in [5.74, 6) is 3.37. The van der Waals surface area contributed by atoms with Crippen molar-refractivity contribution >= 4 is 23.5 Å². The van der Waals surface area contributed by atoms with Gasteiger partial charge in [-0.05, 0) is 85.9 Å². The minimum absolute atomic E-state index is 0.178. The number of alkyl halides is 1. The molecule has 5 fully saturated rings. The molecule has 0 aromatic carbocycles. The predicted molar refractivity (Wildman–Crippen MR) is 144 cm³/mol. The predicted octanol–water partition coefficient (Wildman–Crippen LogP) is 7.28. The van der Waals surface area contributed by atoms with E-state index < -0.39 is 16.6 Å². The van der Waals surface area contributed by atoms with Gasteiger partial charge in [-0.2, -0.15) is 0 Å². The van der Waals surface area contributed by atoms with Gasteiger partial charge in [0.25, 0.3) is 0 Å². The zero-order chi connectivity index (χ0) is 26.8. The van der Waals surface area contributed by atoms with Gasteiger partial charge in [0.2, 0.25) is 6.29 Å². The number of rotatable bonds is 7. The van der Waals surface area contributed by atoms with Gasteiger partial charge in [-0.25, -0.2) is 0 Å². The van der Waals surface area contributed by atoms with Crippen LogP contribution in [0, 0.1) is 46.3 Å². The van der Waals surface area contributed by atoms with Crippen LogP contribution in [0.4, 0.5) is 0 Å². The Kier molecular flexibility index (Phi) is 7.49. The second-order valence-corrected chi connectivity index (χ2v) is 14.8. The number of fused-ring (bicyclic) bond motifs is 3. The van der Waals surface area contributed by atoms with E-state index >= 15 is 0 Å². The van der Waals surface area contributed by atoms with Crippen molar-refractivity contribution in [3.05, 3.63) is 0 Å². The van der Waals surface area contributed by atoms with E-state index in [0.29, 0.717) is 29.6 Å². The average Bonchev–Trinajstić information content (AvgIpc) is 3.20. The molecule has 11 atom stereocenters. The molecule has 37 heavy (non-hydrogen) atoms. The molecule has 0 aromatic rings. The third-order valence-corrected chi connectivity index (χ3v) is 12.5. The van der Waals surface area contributed by atoms with Crippen LogP contribution in [0.2, 0.25) is 0 Å². The van der Waals surface area contributed by atoms with Crippen molar-refractivity contribution in [2.75, 3.05) is 0 Å². The Labute approximate surface area is 229 Å². The Morgan fingerprint density at radius 1 is 0.973 bits per heavy atom. The van der Waals surface area contributed by atoms with Crippen LogP contribution in [0.5, 0.6) is 0 Å². The molecule has 6 heteroatoms. The molecule has 210 valence electrons. The minimum Gasteiger partial charge on any atom is -0.462 e. The smallest absolute Gasteiger partial charge is 0.304 e. The highest BCUT2D eigenvalue weighted by atomic mass is 35.5. The quantitative estimate of drug-likeness (QED) is 0.253. The van der Waals surface area contributed by atoms with Gasteiger partial charge in [-0.3, -0.25) is 9.59 Å². The van der Waals surface area contributed by atoms with Crippen LogP contribution >= 0.6 is 11.6 Å². The highest BCUT2D eigenvalue weighted by Gasteiger charge is 2.77. The van der Waals surface area contributed by atoms with Crippen LogP contribution in [0.15, 0.2) is 0 Å². The lowest BCUT2D eigenvalue weighted by Crippen LogP contribution is -2.65. The first kappa shape index (κ1) is 27.7. The molecule has 4 aliphatic carbocycles. The Morgan fingerprint density at radius 2 is 1.70 bits per heavy atom. The summed E-state index contributed by atoms with van der Waals surface area (Å²) in [4.78, 5) is 23.3. The monoisotopic (exact) mass is 536 g/mol. The van der Waals surface area contributed by atoms with Crippen molar-refractivity contribution in [2.24, 2.45) is 46.3 Å². The van der Waals surface area contributed by atoms with Gasteiger partial charge < -0.3 is 14.2 Å². The number of halogens is 1. The molecule has 0 unspecified atom stereocenters. The Bertz CT molecular complexity index is 891. The van der Waals surface area contributed by atoms with E-state index in [1.54, 1.807) is 0 Å². The summed E-state index contributed by atoms with van der Waals surface area (Å²) in [6.07, 6.45) is 11.0. The topological polar surface area (TPSA) is 61.8 Å². The van der Waals surface area contributed by atoms with E-state index in [4.69, 9.17) is 25.8 Å². The van der Waals surface area contributed by atoms with E-state index in [-0.39, 0.29) is 24.1 Å². The van der Waals surface area contributed by atoms with Crippen LogP contribution in [0.1, 0.15) is 112 Å². The maximum atomic E-state index is 12.2. The van der Waals surface area contributed by atoms with Gasteiger partial charge in [-0.1, -0.05) is 47.0 Å². The number of hydrogen-bond donors (Lipinski definition) is 0. The molecule has 0 amide bonds. The van der Waals surface area contributed by atoms with Crippen LogP contribution in [0.3, 0.4) is 0 Å². The number of carbonyl (C=O) groups is 2. The fourth-order valence-corrected chi connectivity index (χ4v) is 11.0. The van der Waals surface area contributed by atoms with Crippen LogP contribution < -0.4 is 0 Å². The van der Waals surface area contributed by atoms with E-state index in [0.717, 1.165) is 43.4 Å². The number of ether oxygens (including phenoxy) is 3. The van der Waals surface area contributed by atoms with Gasteiger partial charge in [0.1, 0.15) is 6.10 Å². The number of hydrogen-bond acceptors (Lipinski definition) is 5. The molecule has 4 saturated carbocycles. The van der Waals surface area contributed by atoms with Crippen molar-refractivity contribution < 1.29 is 23.8 Å². The first-order chi connectivity index (χ1) is 17.4. The van der Waals surface area contributed by atoms with E-state index in [2.05, 4.69) is 27.7 Å². The largest absolute Gasteiger partial charge is 0.462 e. The summed E-state index contributed by atoms with van der Waals surface area (Å²) in [6, 6.07) is 0. The van der Waals surface area contributed by atoms with Crippen LogP contribution in [-0.2, 0) is 23.8 Å². The molecule has 5 aliphatic rings. The van der Waals surface area contributed by atoms with E-state index in [9.17, 15) is 9.59 Å². The molecule has 2 bridgehead atoms. The van der Waals surface area contributed by atoms with Crippen LogP contribution in [0.25, 0.3) is 0 Å². The third kappa shape index (κ3) is 4.37. The van der Waals surface area contributed by atoms with Gasteiger partial charge in [-0.15, -0.1) is 11.6 Å². The molecular weight excluding hydrogens is 488 g/mol. The second-order valence-electron chi connectivity index (χ2n) is 14.1. The van der Waals surface area contributed by atoms with E-state index in [1.165, 1.54) is 52.4 Å². The maximum Gasteiger partial charge on any atom is 0.304 e. The molecular formula is C31H49ClO5. The molecule has 5 rings (SSSR count). The zero-order valence-electron chi connectivity index (χ0n) is 23.9. The van der Waals surface area contributed by atoms with Crippen molar-refractivity contribution in [3.8, 4) is 0 Å². The summed E-state index contributed by atoms with van der Waals surface area (Å²) in [5, 5.41) is 0. The number of esters is 2. The summed E-state index contributed by atoms with van der Waals surface area (Å²) in [5.41, 5.74) is -0.0422. The molecule has 1 heterocycles. The summed E-state index contributed by atoms with van der Waals surface area (Å²) < 4.78 is 18.2. The van der Waals surface area contributed by atoms with Crippen molar-refractivity contribution in [1.29, 1.82) is 0 Å². The second kappa shape index (κ2) is 9.98. The lowest BCUT2D eigenvalue weighted by molar-refractivity contribution is -0.203. The van der Waals surface area contributed by atoms with Gasteiger partial charge in [0.15, 0.2) is 0 Å². The molecule has 5 nitrogen and oxygen atoms in total. The SMILES string of the molecule is CC(=O)O[C@@H]1CC[C@@]23[C@H](OC(C)=O)O[C@@H](C[C@@H]4[C@@H]5CC[C@H]([C@H](C)CCCC(C)C)[C@]5(C)CC[C@@H]42)[C@@]3(Cl)C1. The Balaban J connectivity index is 1.41. The average molecular weight is 537 g/mol. The minimum atomic E-state index is -0.664. The number of carbonyl (C=O) groups excluding carboxylic acids is 2. The highest BCUT2D eigenvalue weighted by Crippen LogP contribution is 2.74. The standard InChI is InChI=1S/C31H49ClO5/c1-18(2)8-7-9-19(3)24-10-11-25-23-16-27-31(32)17-22(35-20(4)33)12-15-30(31,28(37-27)36-21(5)34)26(23)13-14-29(24,25)6/h18-19,22-28H,7-17H2,1-6H3/t19-,22-,23-,24-,25+,26+,27+,28-,29+,30+,31+/m1/s1. The fourth-order valence-electron chi connectivity index (χ4n) is 10.4. The highest BCUT2D eigenvalue weighted by molar-refractivity contribution is 6.25. The molecule has 1 aliphatic heterocycles. The molecule has 0 N–H and O–H groups in total. The Morgan fingerprint density at radius 3 is 2.38 bits per heavy atom. The molecule has 1 saturated heterocycles. The first-order valence-corrected chi connectivity index (χ1v) is 15.5. The third-order valence-electron chi connectivity index (χ3n) is 11.8. The van der Waals surface area contributed by atoms with Crippen LogP contribution in [-0.4, -0.2) is 35.3 Å². The first-order valence-electron chi connectivity index (χ1n) is 15.1. The maximum absolute atomic E-state index is 12.2. The van der Waals surface area contributed by atoms with Gasteiger partial charge in [0, 0.05) is 20.3 Å². The normalized spacial score (nSPS) is 47.1. The lowest BCUT2D eigenvalue weighted by Gasteiger charge is -2.62. The lowest BCUT2D eigenvalue weighted by atomic mass is 9.43. The summed E-state index contributed by atoms with van der Waals surface area (Å²) >= 11 is 7.64. The summed E-state index contributed by atoms with van der Waals surface area (Å²) in [6.45, 7) is 12.7. The van der Waals surface area contributed by atoms with Crippen molar-refractivity contribution in [1.82, 2.24) is 0 Å². The molecule has 0 spiro atoms. The van der Waals surface area contributed by atoms with Gasteiger partial charge >= 0.3 is 11.9 Å². The fraction of sp³-hybridized carbons (Fsp3) is 0.935. The molecule has 0 aromatic heterocycles. The van der Waals surface area contributed by atoms with Gasteiger partial charge in [0.05, 0.1) is 16.4 Å². The van der Waals surface area contributed by atoms with E-state index in [1.807, 2.05) is 0 Å². The molecule has 0 radical (unpaired) electrons. The Hall–Kier alpha value is -0.810. The summed E-state index contributed by atoms with van der Waals surface area (Å²) in [7, 11) is 0.